The van der Waals surface area contributed by atoms with E-state index in [2.05, 4.69) is 26.1 Å². The normalized spacial score (nSPS) is 11.9. The van der Waals surface area contributed by atoms with Crippen molar-refractivity contribution in [2.45, 2.75) is 59.0 Å². The van der Waals surface area contributed by atoms with Crippen LogP contribution in [0.15, 0.2) is 24.3 Å². The Morgan fingerprint density at radius 2 is 1.52 bits per heavy atom. The van der Waals surface area contributed by atoms with E-state index in [0.717, 1.165) is 5.56 Å². The summed E-state index contributed by atoms with van der Waals surface area (Å²) in [4.78, 5) is 40.7. The van der Waals surface area contributed by atoms with Gasteiger partial charge in [0, 0.05) is 31.6 Å². The molecule has 0 atom stereocenters. The second kappa shape index (κ2) is 11.3. The number of amides is 2. The molecule has 7 heteroatoms. The highest BCUT2D eigenvalue weighted by molar-refractivity contribution is 5.94. The minimum atomic E-state index is -0.607. The van der Waals surface area contributed by atoms with Crippen LogP contribution in [0.4, 0.5) is 0 Å². The van der Waals surface area contributed by atoms with Crippen LogP contribution in [0.25, 0.3) is 0 Å². The van der Waals surface area contributed by atoms with E-state index in [1.807, 2.05) is 31.1 Å². The summed E-state index contributed by atoms with van der Waals surface area (Å²) in [5.74, 6) is -0.862. The molecule has 7 nitrogen and oxygen atoms in total. The summed E-state index contributed by atoms with van der Waals surface area (Å²) < 4.78 is 5.34. The fourth-order valence-corrected chi connectivity index (χ4v) is 2.81. The maximum absolute atomic E-state index is 12.7. The van der Waals surface area contributed by atoms with Gasteiger partial charge in [-0.2, -0.15) is 0 Å². The van der Waals surface area contributed by atoms with Crippen molar-refractivity contribution in [1.29, 1.82) is 0 Å². The zero-order valence-electron chi connectivity index (χ0n) is 20.4. The maximum atomic E-state index is 12.7. The van der Waals surface area contributed by atoms with Crippen LogP contribution in [0.2, 0.25) is 0 Å². The molecule has 1 aromatic rings. The maximum Gasteiger partial charge on any atom is 0.326 e. The number of nitrogens with one attached hydrogen (secondary N) is 1. The molecule has 0 aliphatic rings. The van der Waals surface area contributed by atoms with E-state index in [1.54, 1.807) is 32.9 Å². The van der Waals surface area contributed by atoms with Gasteiger partial charge in [-0.05, 0) is 58.0 Å². The Bertz CT molecular complexity index is 744. The van der Waals surface area contributed by atoms with E-state index >= 15 is 0 Å². The number of ether oxygens (including phenoxy) is 1. The Hall–Kier alpha value is -2.41. The summed E-state index contributed by atoms with van der Waals surface area (Å²) in [7, 11) is 3.81. The second-order valence-electron chi connectivity index (χ2n) is 10.0. The van der Waals surface area contributed by atoms with Gasteiger partial charge in [0.1, 0.15) is 12.1 Å². The zero-order chi connectivity index (χ0) is 23.8. The van der Waals surface area contributed by atoms with Gasteiger partial charge in [-0.3, -0.25) is 14.4 Å². The van der Waals surface area contributed by atoms with Crippen LogP contribution >= 0.6 is 0 Å². The number of carbonyl (C=O) groups is 3. The number of esters is 1. The lowest BCUT2D eigenvalue weighted by Gasteiger charge is -2.26. The molecule has 0 bridgehead atoms. The van der Waals surface area contributed by atoms with E-state index in [9.17, 15) is 14.4 Å². The fraction of sp³-hybridized carbons (Fsp3) is 0.625. The standard InChI is InChI=1S/C24H39N3O4/c1-23(2,3)19-11-9-18(10-12-19)22(30)25-14-13-20(28)27(16-15-26(7)8)17-21(29)31-24(4,5)6/h9-12H,13-17H2,1-8H3,(H,25,30). The van der Waals surface area contributed by atoms with Crippen LogP contribution in [-0.2, 0) is 19.7 Å². The molecular formula is C24H39N3O4. The highest BCUT2D eigenvalue weighted by Gasteiger charge is 2.22. The summed E-state index contributed by atoms with van der Waals surface area (Å²) in [6, 6.07) is 7.49. The summed E-state index contributed by atoms with van der Waals surface area (Å²) in [6.45, 7) is 12.9. The first-order valence-corrected chi connectivity index (χ1v) is 10.7. The number of benzene rings is 1. The molecule has 0 saturated heterocycles. The summed E-state index contributed by atoms with van der Waals surface area (Å²) in [6.07, 6.45) is 0.113. The number of carbonyl (C=O) groups excluding carboxylic acids is 3. The average Bonchev–Trinajstić information content (AvgIpc) is 2.62. The number of likely N-dealkylation sites (N-methyl/N-ethyl adjacent to an activating group) is 1. The molecule has 0 aromatic heterocycles. The van der Waals surface area contributed by atoms with Gasteiger partial charge in [-0.1, -0.05) is 32.9 Å². The van der Waals surface area contributed by atoms with E-state index < -0.39 is 11.6 Å². The van der Waals surface area contributed by atoms with Crippen molar-refractivity contribution < 1.29 is 19.1 Å². The third-order valence-corrected chi connectivity index (χ3v) is 4.55. The molecule has 0 heterocycles. The van der Waals surface area contributed by atoms with Crippen molar-refractivity contribution in [3.05, 3.63) is 35.4 Å². The van der Waals surface area contributed by atoms with Gasteiger partial charge in [-0.25, -0.2) is 0 Å². The molecule has 1 N–H and O–H groups in total. The second-order valence-corrected chi connectivity index (χ2v) is 10.0. The Balaban J connectivity index is 2.63. The first kappa shape index (κ1) is 26.6. The predicted octanol–water partition coefficient (Wildman–Crippen LogP) is 2.84. The van der Waals surface area contributed by atoms with Crippen molar-refractivity contribution in [2.24, 2.45) is 0 Å². The molecule has 1 aromatic carbocycles. The molecule has 0 fully saturated rings. The van der Waals surface area contributed by atoms with Crippen LogP contribution in [0.5, 0.6) is 0 Å². The van der Waals surface area contributed by atoms with Crippen LogP contribution < -0.4 is 5.32 Å². The zero-order valence-corrected chi connectivity index (χ0v) is 20.4. The van der Waals surface area contributed by atoms with E-state index in [0.29, 0.717) is 18.7 Å². The Morgan fingerprint density at radius 1 is 0.935 bits per heavy atom. The predicted molar refractivity (Wildman–Crippen MR) is 123 cm³/mol. The lowest BCUT2D eigenvalue weighted by atomic mass is 9.87. The lowest BCUT2D eigenvalue weighted by molar-refractivity contribution is -0.159. The lowest BCUT2D eigenvalue weighted by Crippen LogP contribution is -2.43. The van der Waals surface area contributed by atoms with Crippen molar-refractivity contribution >= 4 is 17.8 Å². The molecule has 0 spiro atoms. The van der Waals surface area contributed by atoms with Gasteiger partial charge in [0.15, 0.2) is 0 Å². The molecule has 174 valence electrons. The van der Waals surface area contributed by atoms with Gasteiger partial charge in [0.05, 0.1) is 0 Å². The highest BCUT2D eigenvalue weighted by atomic mass is 16.6. The summed E-state index contributed by atoms with van der Waals surface area (Å²) >= 11 is 0. The molecule has 31 heavy (non-hydrogen) atoms. The van der Waals surface area contributed by atoms with E-state index in [4.69, 9.17) is 4.74 Å². The highest BCUT2D eigenvalue weighted by Crippen LogP contribution is 2.22. The van der Waals surface area contributed by atoms with E-state index in [1.165, 1.54) is 4.90 Å². The molecule has 0 unspecified atom stereocenters. The Kier molecular flexibility index (Phi) is 9.69. The van der Waals surface area contributed by atoms with E-state index in [-0.39, 0.29) is 36.7 Å². The van der Waals surface area contributed by atoms with Crippen molar-refractivity contribution in [2.75, 3.05) is 40.3 Å². The molecule has 1 rings (SSSR count). The third-order valence-electron chi connectivity index (χ3n) is 4.55. The number of hydrogen-bond donors (Lipinski definition) is 1. The minimum Gasteiger partial charge on any atom is -0.459 e. The van der Waals surface area contributed by atoms with Gasteiger partial charge in [-0.15, -0.1) is 0 Å². The van der Waals surface area contributed by atoms with Crippen molar-refractivity contribution in [3.63, 3.8) is 0 Å². The Morgan fingerprint density at radius 3 is 2.00 bits per heavy atom. The molecule has 0 aliphatic heterocycles. The largest absolute Gasteiger partial charge is 0.459 e. The summed E-state index contributed by atoms with van der Waals surface area (Å²) in [5, 5.41) is 2.79. The fourth-order valence-electron chi connectivity index (χ4n) is 2.81. The molecule has 0 radical (unpaired) electrons. The SMILES string of the molecule is CN(C)CCN(CC(=O)OC(C)(C)C)C(=O)CCNC(=O)c1ccc(C(C)(C)C)cc1. The summed E-state index contributed by atoms with van der Waals surface area (Å²) in [5.41, 5.74) is 1.12. The molecule has 0 aliphatic carbocycles. The average molecular weight is 434 g/mol. The molecule has 2 amide bonds. The van der Waals surface area contributed by atoms with Gasteiger partial charge in [0.2, 0.25) is 5.91 Å². The quantitative estimate of drug-likeness (QED) is 0.606. The van der Waals surface area contributed by atoms with Gasteiger partial charge in [0.25, 0.3) is 5.91 Å². The third kappa shape index (κ3) is 10.4. The van der Waals surface area contributed by atoms with Crippen LogP contribution in [0, 0.1) is 0 Å². The Labute approximate surface area is 187 Å². The molecule has 0 saturated carbocycles. The van der Waals surface area contributed by atoms with Crippen molar-refractivity contribution in [3.8, 4) is 0 Å². The monoisotopic (exact) mass is 433 g/mol. The van der Waals surface area contributed by atoms with Gasteiger partial charge < -0.3 is 19.9 Å². The topological polar surface area (TPSA) is 79.0 Å². The van der Waals surface area contributed by atoms with Crippen LogP contribution in [0.3, 0.4) is 0 Å². The smallest absolute Gasteiger partial charge is 0.326 e. The van der Waals surface area contributed by atoms with Crippen LogP contribution in [-0.4, -0.2) is 73.5 Å². The van der Waals surface area contributed by atoms with Crippen molar-refractivity contribution in [1.82, 2.24) is 15.1 Å². The minimum absolute atomic E-state index is 0.0194. The first-order chi connectivity index (χ1) is 14.2. The number of hydrogen-bond acceptors (Lipinski definition) is 5. The first-order valence-electron chi connectivity index (χ1n) is 10.7. The number of rotatable bonds is 9. The molecular weight excluding hydrogens is 394 g/mol. The number of nitrogens with zero attached hydrogens (tertiary/aromatic N) is 2. The van der Waals surface area contributed by atoms with Gasteiger partial charge >= 0.3 is 5.97 Å². The van der Waals surface area contributed by atoms with Crippen LogP contribution in [0.1, 0.15) is 63.9 Å².